The molecule has 6 nitrogen and oxygen atoms in total. The number of aromatic amines is 1. The van der Waals surface area contributed by atoms with Gasteiger partial charge in [-0.25, -0.2) is 14.6 Å². The number of nitrogens with one attached hydrogen (secondary N) is 2. The second-order valence-corrected chi connectivity index (χ2v) is 8.99. The van der Waals surface area contributed by atoms with Crippen molar-refractivity contribution in [3.63, 3.8) is 0 Å². The third-order valence-corrected chi connectivity index (χ3v) is 5.44. The van der Waals surface area contributed by atoms with E-state index in [1.54, 1.807) is 6.33 Å². The second-order valence-electron chi connectivity index (χ2n) is 8.99. The molecule has 0 aliphatic rings. The Labute approximate surface area is 187 Å². The molecule has 2 aromatic carbocycles. The molecule has 3 aromatic heterocycles. The van der Waals surface area contributed by atoms with Crippen LogP contribution in [0, 0.1) is 13.0 Å². The summed E-state index contributed by atoms with van der Waals surface area (Å²) in [6, 6.07) is 22.0. The number of aromatic nitrogens is 5. The number of hydrogen-bond acceptors (Lipinski definition) is 4. The molecular formula is C26H25N6. The minimum atomic E-state index is -0.0516. The van der Waals surface area contributed by atoms with Gasteiger partial charge in [-0.3, -0.25) is 0 Å². The number of rotatable bonds is 4. The summed E-state index contributed by atoms with van der Waals surface area (Å²) in [5.74, 6) is 0.750. The van der Waals surface area contributed by atoms with Crippen molar-refractivity contribution in [3.8, 4) is 16.9 Å². The van der Waals surface area contributed by atoms with Crippen molar-refractivity contribution in [2.24, 2.45) is 0 Å². The van der Waals surface area contributed by atoms with E-state index in [1.165, 1.54) is 5.56 Å². The Morgan fingerprint density at radius 1 is 1.03 bits per heavy atom. The molecule has 0 amide bonds. The van der Waals surface area contributed by atoms with Gasteiger partial charge in [0.25, 0.3) is 0 Å². The standard InChI is InChI=1S/C26H25N6/c1-17-6-5-7-20(14-17)32-22(15-23(31-32)26(2,3)4)18-8-10-19(11-9-18)30-25-21-12-13-27-24(21)28-16-29-25/h5-10,12-16H,1-4H3,(H2,27,28,29,30). The number of hydrogen-bond donors (Lipinski definition) is 2. The molecule has 159 valence electrons. The van der Waals surface area contributed by atoms with E-state index >= 15 is 0 Å². The Morgan fingerprint density at radius 2 is 1.91 bits per heavy atom. The van der Waals surface area contributed by atoms with Crippen molar-refractivity contribution >= 4 is 22.5 Å². The molecule has 0 atom stereocenters. The summed E-state index contributed by atoms with van der Waals surface area (Å²) in [6.45, 7) is 8.65. The van der Waals surface area contributed by atoms with Crippen LogP contribution >= 0.6 is 0 Å². The van der Waals surface area contributed by atoms with Crippen LogP contribution in [0.3, 0.4) is 0 Å². The van der Waals surface area contributed by atoms with Crippen molar-refractivity contribution in [2.45, 2.75) is 33.1 Å². The molecule has 0 saturated heterocycles. The predicted molar refractivity (Wildman–Crippen MR) is 128 cm³/mol. The zero-order valence-electron chi connectivity index (χ0n) is 18.6. The molecule has 5 aromatic rings. The maximum atomic E-state index is 4.95. The Balaban J connectivity index is 1.52. The Hall–Kier alpha value is -3.93. The van der Waals surface area contributed by atoms with Gasteiger partial charge in [-0.1, -0.05) is 39.0 Å². The minimum Gasteiger partial charge on any atom is -0.346 e. The third-order valence-electron chi connectivity index (χ3n) is 5.44. The number of H-pyrrole nitrogens is 1. The van der Waals surface area contributed by atoms with Crippen LogP contribution in [0.1, 0.15) is 32.0 Å². The number of aryl methyl sites for hydroxylation is 1. The minimum absolute atomic E-state index is 0.0516. The van der Waals surface area contributed by atoms with Crippen molar-refractivity contribution < 1.29 is 0 Å². The number of nitrogens with zero attached hydrogens (tertiary/aromatic N) is 4. The molecule has 0 unspecified atom stereocenters. The Kier molecular flexibility index (Phi) is 4.78. The van der Waals surface area contributed by atoms with Crippen LogP contribution in [0.25, 0.3) is 28.0 Å². The first kappa shape index (κ1) is 20.0. The summed E-state index contributed by atoms with van der Waals surface area (Å²) in [7, 11) is 0. The summed E-state index contributed by atoms with van der Waals surface area (Å²) < 4.78 is 2.03. The SMILES string of the molecule is Cc1cccc(-n2nc(C(C)(C)C)cc2-c2c[c]c(Nc3ncnc4[nH]ccc34)cc2)c1. The Morgan fingerprint density at radius 3 is 2.66 bits per heavy atom. The average molecular weight is 422 g/mol. The highest BCUT2D eigenvalue weighted by Gasteiger charge is 2.21. The maximum Gasteiger partial charge on any atom is 0.143 e. The third kappa shape index (κ3) is 3.75. The van der Waals surface area contributed by atoms with Crippen LogP contribution in [-0.4, -0.2) is 24.7 Å². The lowest BCUT2D eigenvalue weighted by molar-refractivity contribution is 0.560. The molecule has 0 aliphatic carbocycles. The van der Waals surface area contributed by atoms with Gasteiger partial charge in [0.15, 0.2) is 0 Å². The lowest BCUT2D eigenvalue weighted by atomic mass is 9.92. The normalized spacial score (nSPS) is 11.8. The van der Waals surface area contributed by atoms with Crippen molar-refractivity contribution in [2.75, 3.05) is 5.32 Å². The highest BCUT2D eigenvalue weighted by atomic mass is 15.3. The Bertz CT molecular complexity index is 1390. The fraction of sp³-hybridized carbons (Fsp3) is 0.192. The molecule has 32 heavy (non-hydrogen) atoms. The van der Waals surface area contributed by atoms with Crippen LogP contribution in [-0.2, 0) is 5.41 Å². The number of anilines is 2. The molecule has 3 heterocycles. The van der Waals surface area contributed by atoms with Gasteiger partial charge in [0.05, 0.1) is 22.5 Å². The van der Waals surface area contributed by atoms with E-state index < -0.39 is 0 Å². The first-order chi connectivity index (χ1) is 15.4. The van der Waals surface area contributed by atoms with Gasteiger partial charge in [0.1, 0.15) is 17.8 Å². The lowest BCUT2D eigenvalue weighted by Gasteiger charge is -2.14. The highest BCUT2D eigenvalue weighted by Crippen LogP contribution is 2.31. The zero-order chi connectivity index (χ0) is 22.3. The number of benzene rings is 2. The quantitative estimate of drug-likeness (QED) is 0.376. The molecule has 0 aliphatic heterocycles. The average Bonchev–Trinajstić information content (AvgIpc) is 3.42. The summed E-state index contributed by atoms with van der Waals surface area (Å²) in [4.78, 5) is 11.7. The van der Waals surface area contributed by atoms with Crippen LogP contribution in [0.15, 0.2) is 67.1 Å². The fourth-order valence-electron chi connectivity index (χ4n) is 3.67. The molecular weight excluding hydrogens is 396 g/mol. The van der Waals surface area contributed by atoms with E-state index in [0.717, 1.165) is 45.2 Å². The van der Waals surface area contributed by atoms with Gasteiger partial charge >= 0.3 is 0 Å². The van der Waals surface area contributed by atoms with Gasteiger partial charge in [-0.15, -0.1) is 0 Å². The van der Waals surface area contributed by atoms with Crippen molar-refractivity contribution in [3.05, 3.63) is 84.4 Å². The predicted octanol–water partition coefficient (Wildman–Crippen LogP) is 5.96. The summed E-state index contributed by atoms with van der Waals surface area (Å²) in [6.07, 6.45) is 3.40. The zero-order valence-corrected chi connectivity index (χ0v) is 18.6. The topological polar surface area (TPSA) is 71.4 Å². The van der Waals surface area contributed by atoms with Crippen molar-refractivity contribution in [1.82, 2.24) is 24.7 Å². The molecule has 0 bridgehead atoms. The van der Waals surface area contributed by atoms with Gasteiger partial charge < -0.3 is 10.3 Å². The summed E-state index contributed by atoms with van der Waals surface area (Å²) in [5, 5.41) is 9.24. The molecule has 2 N–H and O–H groups in total. The van der Waals surface area contributed by atoms with Crippen LogP contribution in [0.2, 0.25) is 0 Å². The van der Waals surface area contributed by atoms with E-state index in [4.69, 9.17) is 5.10 Å². The lowest BCUT2D eigenvalue weighted by Crippen LogP contribution is -2.12. The van der Waals surface area contributed by atoms with Gasteiger partial charge in [0.2, 0.25) is 0 Å². The van der Waals surface area contributed by atoms with E-state index in [2.05, 4.69) is 90.4 Å². The van der Waals surface area contributed by atoms with Gasteiger partial charge in [-0.2, -0.15) is 5.10 Å². The molecule has 0 saturated carbocycles. The first-order valence-corrected chi connectivity index (χ1v) is 10.6. The second kappa shape index (κ2) is 7.64. The van der Waals surface area contributed by atoms with Gasteiger partial charge in [-0.05, 0) is 48.9 Å². The van der Waals surface area contributed by atoms with Crippen LogP contribution in [0.5, 0.6) is 0 Å². The monoisotopic (exact) mass is 421 g/mol. The van der Waals surface area contributed by atoms with E-state index in [1.807, 2.05) is 29.1 Å². The molecule has 5 rings (SSSR count). The van der Waals surface area contributed by atoms with Crippen LogP contribution < -0.4 is 5.32 Å². The maximum absolute atomic E-state index is 4.95. The molecule has 1 radical (unpaired) electrons. The summed E-state index contributed by atoms with van der Waals surface area (Å²) in [5.41, 5.74) is 6.98. The van der Waals surface area contributed by atoms with Crippen LogP contribution in [0.4, 0.5) is 11.5 Å². The van der Waals surface area contributed by atoms with E-state index in [-0.39, 0.29) is 5.41 Å². The largest absolute Gasteiger partial charge is 0.346 e. The van der Waals surface area contributed by atoms with E-state index in [0.29, 0.717) is 0 Å². The van der Waals surface area contributed by atoms with Gasteiger partial charge in [0, 0.05) is 28.9 Å². The molecule has 6 heteroatoms. The fourth-order valence-corrected chi connectivity index (χ4v) is 3.67. The number of fused-ring (bicyclic) bond motifs is 1. The smallest absolute Gasteiger partial charge is 0.143 e. The summed E-state index contributed by atoms with van der Waals surface area (Å²) >= 11 is 0. The highest BCUT2D eigenvalue weighted by molar-refractivity contribution is 5.88. The molecule has 0 fully saturated rings. The van der Waals surface area contributed by atoms with Crippen molar-refractivity contribution in [1.29, 1.82) is 0 Å². The van der Waals surface area contributed by atoms with E-state index in [9.17, 15) is 0 Å². The molecule has 0 spiro atoms. The first-order valence-electron chi connectivity index (χ1n) is 10.6.